The highest BCUT2D eigenvalue weighted by molar-refractivity contribution is 5.74. The Morgan fingerprint density at radius 2 is 1.92 bits per heavy atom. The number of anilines is 2. The zero-order valence-electron chi connectivity index (χ0n) is 7.18. The van der Waals surface area contributed by atoms with E-state index in [4.69, 9.17) is 16.7 Å². The quantitative estimate of drug-likeness (QED) is 0.564. The Labute approximate surface area is 71.6 Å². The molecule has 0 aliphatic carbocycles. The number of hydrogen-bond acceptors (Lipinski definition) is 3. The average Bonchev–Trinajstić information content (AvgIpc) is 2.02. The van der Waals surface area contributed by atoms with Gasteiger partial charge < -0.3 is 11.5 Å². The molecule has 3 nitrogen and oxygen atoms in total. The first kappa shape index (κ1) is 8.41. The van der Waals surface area contributed by atoms with Crippen LogP contribution in [0.25, 0.3) is 0 Å². The third-order valence-electron chi connectivity index (χ3n) is 2.03. The summed E-state index contributed by atoms with van der Waals surface area (Å²) in [5.41, 5.74) is 14.5. The number of nitriles is 1. The topological polar surface area (TPSA) is 75.8 Å². The van der Waals surface area contributed by atoms with Gasteiger partial charge in [0.1, 0.15) is 6.07 Å². The monoisotopic (exact) mass is 161 g/mol. The van der Waals surface area contributed by atoms with Crippen molar-refractivity contribution in [1.29, 1.82) is 5.26 Å². The molecule has 4 N–H and O–H groups in total. The molecule has 0 radical (unpaired) electrons. The molecule has 0 amide bonds. The SMILES string of the molecule is Cc1cc(N)c(N)c(C#N)c1C. The van der Waals surface area contributed by atoms with Crippen molar-refractivity contribution in [1.82, 2.24) is 0 Å². The molecule has 0 unspecified atom stereocenters. The van der Waals surface area contributed by atoms with Crippen molar-refractivity contribution < 1.29 is 0 Å². The fourth-order valence-electron chi connectivity index (χ4n) is 1.11. The van der Waals surface area contributed by atoms with E-state index < -0.39 is 0 Å². The molecule has 1 rings (SSSR count). The minimum Gasteiger partial charge on any atom is -0.397 e. The van der Waals surface area contributed by atoms with E-state index in [0.717, 1.165) is 11.1 Å². The molecular weight excluding hydrogens is 150 g/mol. The van der Waals surface area contributed by atoms with Crippen LogP contribution in [0.1, 0.15) is 16.7 Å². The summed E-state index contributed by atoms with van der Waals surface area (Å²) in [6, 6.07) is 3.82. The predicted molar refractivity (Wildman–Crippen MR) is 49.5 cm³/mol. The highest BCUT2D eigenvalue weighted by atomic mass is 14.7. The second-order valence-electron chi connectivity index (χ2n) is 2.81. The number of hydrogen-bond donors (Lipinski definition) is 2. The molecule has 0 spiro atoms. The van der Waals surface area contributed by atoms with Gasteiger partial charge in [-0.1, -0.05) is 0 Å². The summed E-state index contributed by atoms with van der Waals surface area (Å²) in [4.78, 5) is 0. The Morgan fingerprint density at radius 3 is 2.42 bits per heavy atom. The van der Waals surface area contributed by atoms with Crippen LogP contribution in [-0.4, -0.2) is 0 Å². The summed E-state index contributed by atoms with van der Waals surface area (Å²) in [7, 11) is 0. The average molecular weight is 161 g/mol. The van der Waals surface area contributed by atoms with Gasteiger partial charge in [-0.05, 0) is 31.0 Å². The Hall–Kier alpha value is -1.69. The van der Waals surface area contributed by atoms with Gasteiger partial charge in [-0.2, -0.15) is 5.26 Å². The van der Waals surface area contributed by atoms with Gasteiger partial charge in [-0.3, -0.25) is 0 Å². The lowest BCUT2D eigenvalue weighted by Gasteiger charge is -2.08. The van der Waals surface area contributed by atoms with Crippen LogP contribution in [0.4, 0.5) is 11.4 Å². The van der Waals surface area contributed by atoms with Crippen LogP contribution in [0.15, 0.2) is 6.07 Å². The second kappa shape index (κ2) is 2.74. The molecule has 0 atom stereocenters. The zero-order valence-corrected chi connectivity index (χ0v) is 7.18. The van der Waals surface area contributed by atoms with Crippen LogP contribution in [0.3, 0.4) is 0 Å². The Balaban J connectivity index is 3.56. The number of rotatable bonds is 0. The smallest absolute Gasteiger partial charge is 0.102 e. The highest BCUT2D eigenvalue weighted by Gasteiger charge is 2.07. The second-order valence-corrected chi connectivity index (χ2v) is 2.81. The van der Waals surface area contributed by atoms with Gasteiger partial charge in [0.25, 0.3) is 0 Å². The van der Waals surface area contributed by atoms with Crippen molar-refractivity contribution in [2.75, 3.05) is 11.5 Å². The third kappa shape index (κ3) is 1.08. The minimum atomic E-state index is 0.389. The first-order chi connectivity index (χ1) is 5.57. The lowest BCUT2D eigenvalue weighted by Crippen LogP contribution is -2.01. The van der Waals surface area contributed by atoms with E-state index >= 15 is 0 Å². The van der Waals surface area contributed by atoms with E-state index in [9.17, 15) is 0 Å². The molecule has 1 aromatic carbocycles. The van der Waals surface area contributed by atoms with Gasteiger partial charge in [0, 0.05) is 0 Å². The molecule has 0 bridgehead atoms. The number of benzene rings is 1. The molecule has 0 heterocycles. The van der Waals surface area contributed by atoms with Crippen molar-refractivity contribution >= 4 is 11.4 Å². The van der Waals surface area contributed by atoms with Crippen LogP contribution in [0.5, 0.6) is 0 Å². The molecule has 0 aromatic heterocycles. The minimum absolute atomic E-state index is 0.389. The maximum Gasteiger partial charge on any atom is 0.102 e. The number of nitrogens with two attached hydrogens (primary N) is 2. The fourth-order valence-corrected chi connectivity index (χ4v) is 1.11. The van der Waals surface area contributed by atoms with E-state index in [-0.39, 0.29) is 0 Å². The number of aryl methyl sites for hydroxylation is 1. The van der Waals surface area contributed by atoms with Crippen molar-refractivity contribution in [2.45, 2.75) is 13.8 Å². The van der Waals surface area contributed by atoms with Crippen molar-refractivity contribution in [3.8, 4) is 6.07 Å². The Morgan fingerprint density at radius 1 is 1.33 bits per heavy atom. The Bertz CT molecular complexity index is 335. The number of nitrogen functional groups attached to an aromatic ring is 2. The molecular formula is C9H11N3. The fraction of sp³-hybridized carbons (Fsp3) is 0.222. The summed E-state index contributed by atoms with van der Waals surface area (Å²) < 4.78 is 0. The number of nitrogens with zero attached hydrogens (tertiary/aromatic N) is 1. The molecule has 12 heavy (non-hydrogen) atoms. The summed E-state index contributed by atoms with van der Waals surface area (Å²) >= 11 is 0. The molecule has 0 fully saturated rings. The molecule has 1 aromatic rings. The standard InChI is InChI=1S/C9H11N3/c1-5-3-8(11)9(12)7(4-10)6(5)2/h3H,11-12H2,1-2H3. The van der Waals surface area contributed by atoms with Crippen LogP contribution in [-0.2, 0) is 0 Å². The first-order valence-electron chi connectivity index (χ1n) is 3.63. The lowest BCUT2D eigenvalue weighted by molar-refractivity contribution is 1.31. The van der Waals surface area contributed by atoms with Gasteiger partial charge in [0.15, 0.2) is 0 Å². The summed E-state index contributed by atoms with van der Waals surface area (Å²) in [5.74, 6) is 0. The van der Waals surface area contributed by atoms with Crippen LogP contribution in [0.2, 0.25) is 0 Å². The summed E-state index contributed by atoms with van der Waals surface area (Å²) in [6.45, 7) is 3.77. The third-order valence-corrected chi connectivity index (χ3v) is 2.03. The van der Waals surface area contributed by atoms with Crippen molar-refractivity contribution in [3.05, 3.63) is 22.8 Å². The molecule has 0 saturated heterocycles. The zero-order chi connectivity index (χ0) is 9.30. The normalized spacial score (nSPS) is 9.42. The van der Waals surface area contributed by atoms with Crippen molar-refractivity contribution in [2.24, 2.45) is 0 Å². The van der Waals surface area contributed by atoms with Gasteiger partial charge in [0.2, 0.25) is 0 Å². The molecule has 0 aliphatic rings. The van der Waals surface area contributed by atoms with E-state index in [1.807, 2.05) is 19.9 Å². The van der Waals surface area contributed by atoms with Gasteiger partial charge >= 0.3 is 0 Å². The van der Waals surface area contributed by atoms with Crippen LogP contribution >= 0.6 is 0 Å². The first-order valence-corrected chi connectivity index (χ1v) is 3.63. The lowest BCUT2D eigenvalue weighted by atomic mass is 10.0. The maximum absolute atomic E-state index is 8.76. The van der Waals surface area contributed by atoms with Crippen LogP contribution in [0, 0.1) is 25.2 Å². The maximum atomic E-state index is 8.76. The van der Waals surface area contributed by atoms with Gasteiger partial charge in [-0.25, -0.2) is 0 Å². The summed E-state index contributed by atoms with van der Waals surface area (Å²) in [6.07, 6.45) is 0. The Kier molecular flexibility index (Phi) is 1.92. The largest absolute Gasteiger partial charge is 0.397 e. The molecule has 3 heteroatoms. The van der Waals surface area contributed by atoms with Crippen LogP contribution < -0.4 is 11.5 Å². The molecule has 0 aliphatic heterocycles. The molecule has 0 saturated carbocycles. The highest BCUT2D eigenvalue weighted by Crippen LogP contribution is 2.25. The molecule has 62 valence electrons. The van der Waals surface area contributed by atoms with Crippen molar-refractivity contribution in [3.63, 3.8) is 0 Å². The van der Waals surface area contributed by atoms with E-state index in [1.165, 1.54) is 0 Å². The van der Waals surface area contributed by atoms with E-state index in [2.05, 4.69) is 0 Å². The van der Waals surface area contributed by atoms with Gasteiger partial charge in [0.05, 0.1) is 16.9 Å². The van der Waals surface area contributed by atoms with E-state index in [0.29, 0.717) is 16.9 Å². The van der Waals surface area contributed by atoms with Gasteiger partial charge in [-0.15, -0.1) is 0 Å². The predicted octanol–water partition coefficient (Wildman–Crippen LogP) is 1.34. The van der Waals surface area contributed by atoms with E-state index in [1.54, 1.807) is 6.07 Å². The summed E-state index contributed by atoms with van der Waals surface area (Å²) in [5, 5.41) is 8.76.